The topological polar surface area (TPSA) is 99.0 Å². The summed E-state index contributed by atoms with van der Waals surface area (Å²) in [5.41, 5.74) is 0.644. The normalized spacial score (nSPS) is 11.0. The third-order valence-corrected chi connectivity index (χ3v) is 1.44. The molecule has 0 aromatic heterocycles. The third kappa shape index (κ3) is 3.51. The summed E-state index contributed by atoms with van der Waals surface area (Å²) in [5.74, 6) is -0.764. The standard InChI is InChI=1S/C7H13NO5/c1-2-6(12)13-8-7(3-9,4-10)5-11/h2,8-11H,1,3-5H2. The van der Waals surface area contributed by atoms with Crippen LogP contribution < -0.4 is 5.48 Å². The van der Waals surface area contributed by atoms with Gasteiger partial charge in [0.2, 0.25) is 0 Å². The molecule has 0 radical (unpaired) electrons. The predicted molar refractivity (Wildman–Crippen MR) is 43.4 cm³/mol. The van der Waals surface area contributed by atoms with Crippen molar-refractivity contribution in [2.45, 2.75) is 5.54 Å². The van der Waals surface area contributed by atoms with E-state index in [1.54, 1.807) is 0 Å². The SMILES string of the molecule is C=CC(=O)ONC(CO)(CO)CO. The Balaban J connectivity index is 4.09. The monoisotopic (exact) mass is 191 g/mol. The van der Waals surface area contributed by atoms with Gasteiger partial charge in [0.05, 0.1) is 19.8 Å². The fourth-order valence-corrected chi connectivity index (χ4v) is 0.447. The lowest BCUT2D eigenvalue weighted by Crippen LogP contribution is -2.55. The molecule has 0 saturated carbocycles. The minimum atomic E-state index is -1.42. The van der Waals surface area contributed by atoms with Crippen LogP contribution in [0.25, 0.3) is 0 Å². The van der Waals surface area contributed by atoms with E-state index in [1.165, 1.54) is 0 Å². The molecular formula is C7H13NO5. The molecule has 0 unspecified atom stereocenters. The van der Waals surface area contributed by atoms with Gasteiger partial charge in [-0.05, 0) is 0 Å². The van der Waals surface area contributed by atoms with E-state index in [4.69, 9.17) is 15.3 Å². The highest BCUT2D eigenvalue weighted by molar-refractivity contribution is 5.80. The molecule has 0 spiro atoms. The average molecular weight is 191 g/mol. The van der Waals surface area contributed by atoms with Gasteiger partial charge in [-0.25, -0.2) is 4.79 Å². The second-order valence-electron chi connectivity index (χ2n) is 2.48. The van der Waals surface area contributed by atoms with Crippen LogP contribution in [0.2, 0.25) is 0 Å². The van der Waals surface area contributed by atoms with Crippen molar-refractivity contribution in [2.24, 2.45) is 0 Å². The molecule has 13 heavy (non-hydrogen) atoms. The van der Waals surface area contributed by atoms with Gasteiger partial charge < -0.3 is 20.2 Å². The lowest BCUT2D eigenvalue weighted by molar-refractivity contribution is -0.155. The summed E-state index contributed by atoms with van der Waals surface area (Å²) in [7, 11) is 0. The summed E-state index contributed by atoms with van der Waals surface area (Å²) in [6.45, 7) is 1.44. The molecule has 0 fully saturated rings. The number of carbonyl (C=O) groups is 1. The molecule has 0 aliphatic rings. The van der Waals surface area contributed by atoms with E-state index in [0.29, 0.717) is 0 Å². The first-order chi connectivity index (χ1) is 6.14. The maximum atomic E-state index is 10.6. The molecule has 0 amide bonds. The first kappa shape index (κ1) is 12.0. The van der Waals surface area contributed by atoms with E-state index in [1.807, 2.05) is 0 Å². The summed E-state index contributed by atoms with van der Waals surface area (Å²) >= 11 is 0. The second kappa shape index (κ2) is 5.65. The minimum Gasteiger partial charge on any atom is -0.394 e. The van der Waals surface area contributed by atoms with Crippen molar-refractivity contribution in [1.29, 1.82) is 0 Å². The fourth-order valence-electron chi connectivity index (χ4n) is 0.447. The Morgan fingerprint density at radius 3 is 2.15 bits per heavy atom. The molecule has 0 saturated heterocycles. The summed E-state index contributed by atoms with van der Waals surface area (Å²) in [6, 6.07) is 0. The minimum absolute atomic E-state index is 0.565. The summed E-state index contributed by atoms with van der Waals surface area (Å²) in [6.07, 6.45) is 0.907. The van der Waals surface area contributed by atoms with E-state index < -0.39 is 31.3 Å². The Labute approximate surface area is 75.4 Å². The van der Waals surface area contributed by atoms with E-state index in [9.17, 15) is 4.79 Å². The van der Waals surface area contributed by atoms with Crippen molar-refractivity contribution < 1.29 is 25.0 Å². The van der Waals surface area contributed by atoms with Crippen molar-refractivity contribution in [3.05, 3.63) is 12.7 Å². The van der Waals surface area contributed by atoms with Gasteiger partial charge in [0.25, 0.3) is 0 Å². The van der Waals surface area contributed by atoms with Crippen LogP contribution >= 0.6 is 0 Å². The van der Waals surface area contributed by atoms with Crippen LogP contribution in [0.5, 0.6) is 0 Å². The van der Waals surface area contributed by atoms with Crippen LogP contribution in [0, 0.1) is 0 Å². The molecule has 0 atom stereocenters. The molecule has 0 aliphatic heterocycles. The highest BCUT2D eigenvalue weighted by atomic mass is 16.7. The Morgan fingerprint density at radius 1 is 1.38 bits per heavy atom. The zero-order valence-electron chi connectivity index (χ0n) is 7.06. The maximum Gasteiger partial charge on any atom is 0.348 e. The van der Waals surface area contributed by atoms with Crippen LogP contribution in [0.4, 0.5) is 0 Å². The van der Waals surface area contributed by atoms with Gasteiger partial charge in [0.1, 0.15) is 5.54 Å². The Hall–Kier alpha value is -0.950. The predicted octanol–water partition coefficient (Wildman–Crippen LogP) is -2.06. The number of hydrogen-bond donors (Lipinski definition) is 4. The number of aliphatic hydroxyl groups is 3. The van der Waals surface area contributed by atoms with E-state index in [2.05, 4.69) is 16.9 Å². The van der Waals surface area contributed by atoms with Crippen molar-refractivity contribution >= 4 is 5.97 Å². The number of hydrogen-bond acceptors (Lipinski definition) is 6. The van der Waals surface area contributed by atoms with Crippen LogP contribution in [0.1, 0.15) is 0 Å². The molecule has 0 aromatic carbocycles. The number of hydroxylamine groups is 1. The van der Waals surface area contributed by atoms with Crippen molar-refractivity contribution in [3.8, 4) is 0 Å². The molecule has 6 nitrogen and oxygen atoms in total. The Kier molecular flexibility index (Phi) is 5.24. The smallest absolute Gasteiger partial charge is 0.348 e. The van der Waals surface area contributed by atoms with Gasteiger partial charge in [0.15, 0.2) is 0 Å². The first-order valence-electron chi connectivity index (χ1n) is 3.57. The fraction of sp³-hybridized carbons (Fsp3) is 0.571. The van der Waals surface area contributed by atoms with Crippen LogP contribution in [-0.4, -0.2) is 46.6 Å². The highest BCUT2D eigenvalue weighted by Crippen LogP contribution is 2.01. The Bertz CT molecular complexity index is 169. The summed E-state index contributed by atoms with van der Waals surface area (Å²) in [5, 5.41) is 26.3. The van der Waals surface area contributed by atoms with Gasteiger partial charge >= 0.3 is 5.97 Å². The Morgan fingerprint density at radius 2 is 1.85 bits per heavy atom. The molecule has 0 rings (SSSR count). The molecule has 0 heterocycles. The molecule has 0 aliphatic carbocycles. The van der Waals surface area contributed by atoms with Crippen molar-refractivity contribution in [2.75, 3.05) is 19.8 Å². The lowest BCUT2D eigenvalue weighted by atomic mass is 10.1. The lowest BCUT2D eigenvalue weighted by Gasteiger charge is -2.26. The van der Waals surface area contributed by atoms with E-state index in [-0.39, 0.29) is 0 Å². The van der Waals surface area contributed by atoms with Gasteiger partial charge in [-0.3, -0.25) is 0 Å². The maximum absolute atomic E-state index is 10.6. The van der Waals surface area contributed by atoms with Crippen LogP contribution in [-0.2, 0) is 9.63 Å². The molecule has 4 N–H and O–H groups in total. The van der Waals surface area contributed by atoms with Gasteiger partial charge in [-0.2, -0.15) is 0 Å². The summed E-state index contributed by atoms with van der Waals surface area (Å²) < 4.78 is 0. The van der Waals surface area contributed by atoms with Crippen molar-refractivity contribution in [1.82, 2.24) is 5.48 Å². The second-order valence-corrected chi connectivity index (χ2v) is 2.48. The number of aliphatic hydroxyl groups excluding tert-OH is 3. The van der Waals surface area contributed by atoms with E-state index >= 15 is 0 Å². The van der Waals surface area contributed by atoms with E-state index in [0.717, 1.165) is 6.08 Å². The molecule has 76 valence electrons. The number of carbonyl (C=O) groups excluding carboxylic acids is 1. The van der Waals surface area contributed by atoms with Gasteiger partial charge in [-0.15, -0.1) is 5.48 Å². The third-order valence-electron chi connectivity index (χ3n) is 1.44. The molecular weight excluding hydrogens is 178 g/mol. The largest absolute Gasteiger partial charge is 0.394 e. The molecule has 0 aromatic rings. The highest BCUT2D eigenvalue weighted by Gasteiger charge is 2.29. The molecule has 6 heteroatoms. The zero-order valence-corrected chi connectivity index (χ0v) is 7.06. The number of nitrogens with one attached hydrogen (secondary N) is 1. The summed E-state index contributed by atoms with van der Waals surface area (Å²) in [4.78, 5) is 14.9. The van der Waals surface area contributed by atoms with Crippen molar-refractivity contribution in [3.63, 3.8) is 0 Å². The average Bonchev–Trinajstić information content (AvgIpc) is 2.20. The van der Waals surface area contributed by atoms with Gasteiger partial charge in [0, 0.05) is 6.08 Å². The van der Waals surface area contributed by atoms with Gasteiger partial charge in [-0.1, -0.05) is 6.58 Å². The molecule has 0 bridgehead atoms. The number of rotatable bonds is 6. The first-order valence-corrected chi connectivity index (χ1v) is 3.57. The zero-order chi connectivity index (χ0) is 10.3. The van der Waals surface area contributed by atoms with Crippen LogP contribution in [0.15, 0.2) is 12.7 Å². The van der Waals surface area contributed by atoms with Crippen LogP contribution in [0.3, 0.4) is 0 Å². The quantitative estimate of drug-likeness (QED) is 0.284.